The van der Waals surface area contributed by atoms with Gasteiger partial charge in [-0.3, -0.25) is 9.78 Å². The first-order valence-corrected chi connectivity index (χ1v) is 4.33. The number of hydrogen-bond acceptors (Lipinski definition) is 3. The van der Waals surface area contributed by atoms with E-state index in [4.69, 9.17) is 5.73 Å². The van der Waals surface area contributed by atoms with E-state index in [-0.39, 0.29) is 12.1 Å². The first-order valence-electron chi connectivity index (χ1n) is 3.53. The second kappa shape index (κ2) is 4.13. The number of halogens is 1. The molecule has 1 aromatic heterocycles. The quantitative estimate of drug-likeness (QED) is 0.793. The van der Waals surface area contributed by atoms with Crippen LogP contribution in [0.2, 0.25) is 0 Å². The van der Waals surface area contributed by atoms with Gasteiger partial charge in [0.25, 0.3) is 5.91 Å². The number of primary amides is 1. The molecule has 1 heterocycles. The average Bonchev–Trinajstić information content (AvgIpc) is 2.08. The SMILES string of the molecule is NC(=O)c1nccc(Br)c1CC=O. The number of rotatable bonds is 3. The second-order valence-electron chi connectivity index (χ2n) is 2.35. The van der Waals surface area contributed by atoms with E-state index in [9.17, 15) is 9.59 Å². The van der Waals surface area contributed by atoms with Gasteiger partial charge in [-0.05, 0) is 6.07 Å². The molecule has 13 heavy (non-hydrogen) atoms. The Balaban J connectivity index is 3.24. The van der Waals surface area contributed by atoms with Crippen molar-refractivity contribution in [2.75, 3.05) is 0 Å². The van der Waals surface area contributed by atoms with Crippen LogP contribution in [0.5, 0.6) is 0 Å². The van der Waals surface area contributed by atoms with Gasteiger partial charge >= 0.3 is 0 Å². The summed E-state index contributed by atoms with van der Waals surface area (Å²) in [6.45, 7) is 0. The lowest BCUT2D eigenvalue weighted by Crippen LogP contribution is -2.16. The van der Waals surface area contributed by atoms with Crippen molar-refractivity contribution < 1.29 is 9.59 Å². The molecule has 4 nitrogen and oxygen atoms in total. The fourth-order valence-electron chi connectivity index (χ4n) is 0.959. The summed E-state index contributed by atoms with van der Waals surface area (Å²) in [6.07, 6.45) is 2.29. The van der Waals surface area contributed by atoms with Gasteiger partial charge in [-0.15, -0.1) is 0 Å². The van der Waals surface area contributed by atoms with Crippen LogP contribution in [0, 0.1) is 0 Å². The Kier molecular flexibility index (Phi) is 3.13. The molecule has 0 saturated carbocycles. The fourth-order valence-corrected chi connectivity index (χ4v) is 1.43. The minimum Gasteiger partial charge on any atom is -0.364 e. The fraction of sp³-hybridized carbons (Fsp3) is 0.125. The molecule has 0 saturated heterocycles. The van der Waals surface area contributed by atoms with Gasteiger partial charge in [-0.1, -0.05) is 15.9 Å². The minimum absolute atomic E-state index is 0.132. The van der Waals surface area contributed by atoms with E-state index in [0.29, 0.717) is 16.3 Å². The zero-order chi connectivity index (χ0) is 9.84. The molecule has 0 aromatic carbocycles. The van der Waals surface area contributed by atoms with Gasteiger partial charge in [-0.2, -0.15) is 0 Å². The van der Waals surface area contributed by atoms with Gasteiger partial charge in [0.1, 0.15) is 12.0 Å². The van der Waals surface area contributed by atoms with Crippen molar-refractivity contribution in [1.82, 2.24) is 4.98 Å². The van der Waals surface area contributed by atoms with Crippen LogP contribution < -0.4 is 5.73 Å². The molecule has 0 spiro atoms. The van der Waals surface area contributed by atoms with Crippen LogP contribution >= 0.6 is 15.9 Å². The third kappa shape index (κ3) is 2.12. The number of carbonyl (C=O) groups is 2. The van der Waals surface area contributed by atoms with Gasteiger partial charge in [0.05, 0.1) is 0 Å². The highest BCUT2D eigenvalue weighted by molar-refractivity contribution is 9.10. The number of aromatic nitrogens is 1. The number of nitrogens with two attached hydrogens (primary N) is 1. The molecule has 68 valence electrons. The molecule has 0 unspecified atom stereocenters. The number of carbonyl (C=O) groups excluding carboxylic acids is 2. The zero-order valence-electron chi connectivity index (χ0n) is 6.66. The van der Waals surface area contributed by atoms with Gasteiger partial charge in [0, 0.05) is 22.7 Å². The molecule has 5 heteroatoms. The van der Waals surface area contributed by atoms with Crippen LogP contribution in [0.4, 0.5) is 0 Å². The number of pyridine rings is 1. The van der Waals surface area contributed by atoms with Gasteiger partial charge in [-0.25, -0.2) is 0 Å². The normalized spacial score (nSPS) is 9.62. The maximum atomic E-state index is 10.9. The summed E-state index contributed by atoms with van der Waals surface area (Å²) in [5.41, 5.74) is 5.75. The Hall–Kier alpha value is -1.23. The highest BCUT2D eigenvalue weighted by Gasteiger charge is 2.11. The molecule has 1 rings (SSSR count). The molecule has 0 fully saturated rings. The molecule has 0 atom stereocenters. The van der Waals surface area contributed by atoms with E-state index in [1.807, 2.05) is 0 Å². The molecule has 1 aromatic rings. The second-order valence-corrected chi connectivity index (χ2v) is 3.21. The molecule has 1 amide bonds. The van der Waals surface area contributed by atoms with Crippen LogP contribution in [0.3, 0.4) is 0 Å². The maximum Gasteiger partial charge on any atom is 0.267 e. The molecular weight excluding hydrogens is 236 g/mol. The van der Waals surface area contributed by atoms with E-state index in [0.717, 1.165) is 0 Å². The van der Waals surface area contributed by atoms with E-state index < -0.39 is 5.91 Å². The minimum atomic E-state index is -0.627. The summed E-state index contributed by atoms with van der Waals surface area (Å²) in [4.78, 5) is 25.0. The number of aldehydes is 1. The molecule has 0 aliphatic rings. The monoisotopic (exact) mass is 242 g/mol. The lowest BCUT2D eigenvalue weighted by Gasteiger charge is -2.03. The summed E-state index contributed by atoms with van der Waals surface area (Å²) in [5, 5.41) is 0. The summed E-state index contributed by atoms with van der Waals surface area (Å²) >= 11 is 3.21. The van der Waals surface area contributed by atoms with Gasteiger partial charge < -0.3 is 10.5 Å². The largest absolute Gasteiger partial charge is 0.364 e. The highest BCUT2D eigenvalue weighted by atomic mass is 79.9. The molecule has 0 aliphatic heterocycles. The Morgan fingerprint density at radius 3 is 2.92 bits per heavy atom. The van der Waals surface area contributed by atoms with Crippen molar-refractivity contribution in [2.24, 2.45) is 5.73 Å². The van der Waals surface area contributed by atoms with Gasteiger partial charge in [0.15, 0.2) is 0 Å². The third-order valence-electron chi connectivity index (χ3n) is 1.52. The Morgan fingerprint density at radius 1 is 1.69 bits per heavy atom. The van der Waals surface area contributed by atoms with E-state index >= 15 is 0 Å². The maximum absolute atomic E-state index is 10.9. The summed E-state index contributed by atoms with van der Waals surface area (Å²) in [5.74, 6) is -0.627. The highest BCUT2D eigenvalue weighted by Crippen LogP contribution is 2.18. The Morgan fingerprint density at radius 2 is 2.38 bits per heavy atom. The summed E-state index contributed by atoms with van der Waals surface area (Å²) < 4.78 is 0.670. The summed E-state index contributed by atoms with van der Waals surface area (Å²) in [6, 6.07) is 1.66. The lowest BCUT2D eigenvalue weighted by molar-refractivity contribution is -0.107. The van der Waals surface area contributed by atoms with Crippen LogP contribution in [-0.4, -0.2) is 17.2 Å². The predicted octanol–water partition coefficient (Wildman–Crippen LogP) is 0.684. The van der Waals surface area contributed by atoms with Crippen molar-refractivity contribution in [1.29, 1.82) is 0 Å². The Bertz CT molecular complexity index is 352. The van der Waals surface area contributed by atoms with E-state index in [2.05, 4.69) is 20.9 Å². The van der Waals surface area contributed by atoms with Crippen LogP contribution in [-0.2, 0) is 11.2 Å². The van der Waals surface area contributed by atoms with Crippen LogP contribution in [0.25, 0.3) is 0 Å². The predicted molar refractivity (Wildman–Crippen MR) is 50.2 cm³/mol. The average molecular weight is 243 g/mol. The van der Waals surface area contributed by atoms with Crippen molar-refractivity contribution in [3.8, 4) is 0 Å². The molecule has 0 bridgehead atoms. The first-order chi connectivity index (χ1) is 6.16. The number of hydrogen-bond donors (Lipinski definition) is 1. The first kappa shape index (κ1) is 9.85. The third-order valence-corrected chi connectivity index (χ3v) is 2.26. The molecule has 0 radical (unpaired) electrons. The van der Waals surface area contributed by atoms with Gasteiger partial charge in [0.2, 0.25) is 0 Å². The van der Waals surface area contributed by atoms with Crippen molar-refractivity contribution in [2.45, 2.75) is 6.42 Å². The van der Waals surface area contributed by atoms with Crippen molar-refractivity contribution in [3.05, 3.63) is 28.0 Å². The van der Waals surface area contributed by atoms with E-state index in [1.165, 1.54) is 6.20 Å². The van der Waals surface area contributed by atoms with Crippen LogP contribution in [0.1, 0.15) is 16.1 Å². The van der Waals surface area contributed by atoms with Crippen molar-refractivity contribution in [3.63, 3.8) is 0 Å². The topological polar surface area (TPSA) is 73.1 Å². The molecular formula is C8H7BrN2O2. The lowest BCUT2D eigenvalue weighted by atomic mass is 10.1. The molecule has 2 N–H and O–H groups in total. The Labute approximate surface area is 83.3 Å². The number of nitrogens with zero attached hydrogens (tertiary/aromatic N) is 1. The standard InChI is InChI=1S/C8H7BrN2O2/c9-6-1-3-11-7(8(10)13)5(6)2-4-12/h1,3-4H,2H2,(H2,10,13). The van der Waals surface area contributed by atoms with E-state index in [1.54, 1.807) is 6.07 Å². The molecule has 0 aliphatic carbocycles. The smallest absolute Gasteiger partial charge is 0.267 e. The van der Waals surface area contributed by atoms with Crippen LogP contribution in [0.15, 0.2) is 16.7 Å². The summed E-state index contributed by atoms with van der Waals surface area (Å²) in [7, 11) is 0. The zero-order valence-corrected chi connectivity index (χ0v) is 8.24. The van der Waals surface area contributed by atoms with Crippen molar-refractivity contribution >= 4 is 28.1 Å². The number of amides is 1.